The van der Waals surface area contributed by atoms with Gasteiger partial charge in [-0.15, -0.1) is 0 Å². The summed E-state index contributed by atoms with van der Waals surface area (Å²) >= 11 is 0. The molecule has 2 fully saturated rings. The third-order valence-corrected chi connectivity index (χ3v) is 3.07. The van der Waals surface area contributed by atoms with E-state index >= 15 is 0 Å². The van der Waals surface area contributed by atoms with Crippen molar-refractivity contribution >= 4 is 5.96 Å². The first-order valence-electron chi connectivity index (χ1n) is 6.10. The summed E-state index contributed by atoms with van der Waals surface area (Å²) in [6.45, 7) is 5.23. The fourth-order valence-corrected chi connectivity index (χ4v) is 1.82. The maximum atomic E-state index is 5.75. The van der Waals surface area contributed by atoms with E-state index in [2.05, 4.69) is 22.1 Å². The van der Waals surface area contributed by atoms with Crippen LogP contribution in [0.3, 0.4) is 0 Å². The summed E-state index contributed by atoms with van der Waals surface area (Å²) in [5.41, 5.74) is 5.75. The first kappa shape index (κ1) is 10.7. The molecule has 2 aliphatic carbocycles. The van der Waals surface area contributed by atoms with Crippen molar-refractivity contribution in [3.8, 4) is 0 Å². The predicted octanol–water partition coefficient (Wildman–Crippen LogP) is 0.537. The Morgan fingerprint density at radius 2 is 2.13 bits per heavy atom. The maximum Gasteiger partial charge on any atom is 0.188 e. The molecule has 15 heavy (non-hydrogen) atoms. The molecule has 0 aliphatic heterocycles. The van der Waals surface area contributed by atoms with Crippen LogP contribution in [0.2, 0.25) is 0 Å². The van der Waals surface area contributed by atoms with Crippen LogP contribution in [-0.2, 0) is 0 Å². The molecule has 0 heterocycles. The number of rotatable bonds is 6. The average Bonchev–Trinajstić information content (AvgIpc) is 3.03. The van der Waals surface area contributed by atoms with Gasteiger partial charge in [-0.1, -0.05) is 6.92 Å². The van der Waals surface area contributed by atoms with E-state index in [1.807, 2.05) is 0 Å². The van der Waals surface area contributed by atoms with E-state index in [4.69, 9.17) is 5.73 Å². The Morgan fingerprint density at radius 3 is 2.67 bits per heavy atom. The largest absolute Gasteiger partial charge is 0.370 e. The second kappa shape index (κ2) is 4.84. The van der Waals surface area contributed by atoms with Gasteiger partial charge in [-0.05, 0) is 32.2 Å². The molecule has 0 radical (unpaired) electrons. The number of nitrogens with zero attached hydrogens (tertiary/aromatic N) is 2. The number of likely N-dealkylation sites (N-methyl/N-ethyl adjacent to an activating group) is 1. The van der Waals surface area contributed by atoms with Crippen molar-refractivity contribution in [2.45, 2.75) is 44.7 Å². The van der Waals surface area contributed by atoms with Gasteiger partial charge in [0.25, 0.3) is 0 Å². The van der Waals surface area contributed by atoms with Crippen molar-refractivity contribution in [1.82, 2.24) is 10.2 Å². The third kappa shape index (κ3) is 3.70. The van der Waals surface area contributed by atoms with E-state index in [0.29, 0.717) is 12.0 Å². The highest BCUT2D eigenvalue weighted by Crippen LogP contribution is 2.25. The molecule has 0 aromatic rings. The van der Waals surface area contributed by atoms with Crippen molar-refractivity contribution in [3.05, 3.63) is 0 Å². The molecule has 4 nitrogen and oxygen atoms in total. The minimum absolute atomic E-state index is 0.611. The number of nitrogens with two attached hydrogens (primary N) is 1. The number of nitrogens with one attached hydrogen (secondary N) is 1. The number of hydrogen-bond acceptors (Lipinski definition) is 2. The van der Waals surface area contributed by atoms with E-state index in [1.165, 1.54) is 25.7 Å². The van der Waals surface area contributed by atoms with Gasteiger partial charge in [-0.25, -0.2) is 0 Å². The lowest BCUT2D eigenvalue weighted by Crippen LogP contribution is -2.35. The summed E-state index contributed by atoms with van der Waals surface area (Å²) in [4.78, 5) is 6.84. The van der Waals surface area contributed by atoms with E-state index in [-0.39, 0.29) is 0 Å². The van der Waals surface area contributed by atoms with E-state index in [9.17, 15) is 0 Å². The van der Waals surface area contributed by atoms with Crippen molar-refractivity contribution in [2.75, 3.05) is 19.6 Å². The summed E-state index contributed by atoms with van der Waals surface area (Å²) in [6, 6.07) is 1.45. The average molecular weight is 210 g/mol. The minimum atomic E-state index is 0.611. The normalized spacial score (nSPS) is 22.1. The molecule has 0 saturated heterocycles. The van der Waals surface area contributed by atoms with Crippen molar-refractivity contribution in [2.24, 2.45) is 10.7 Å². The molecule has 86 valence electrons. The fourth-order valence-electron chi connectivity index (χ4n) is 1.82. The summed E-state index contributed by atoms with van der Waals surface area (Å²) < 4.78 is 0. The maximum absolute atomic E-state index is 5.75. The van der Waals surface area contributed by atoms with Crippen LogP contribution >= 0.6 is 0 Å². The molecular weight excluding hydrogens is 188 g/mol. The Labute approximate surface area is 91.9 Å². The smallest absolute Gasteiger partial charge is 0.188 e. The fraction of sp³-hybridized carbons (Fsp3) is 0.909. The minimum Gasteiger partial charge on any atom is -0.370 e. The van der Waals surface area contributed by atoms with Crippen LogP contribution in [-0.4, -0.2) is 42.6 Å². The van der Waals surface area contributed by atoms with E-state index in [1.54, 1.807) is 0 Å². The SMILES string of the molecule is CCN(CCN=C(N)NC1CC1)C1CC1. The molecule has 0 bridgehead atoms. The Balaban J connectivity index is 1.62. The van der Waals surface area contributed by atoms with Crippen LogP contribution in [0.15, 0.2) is 4.99 Å². The Kier molecular flexibility index (Phi) is 3.46. The van der Waals surface area contributed by atoms with Crippen LogP contribution < -0.4 is 11.1 Å². The molecule has 2 saturated carbocycles. The molecule has 0 unspecified atom stereocenters. The zero-order valence-corrected chi connectivity index (χ0v) is 9.58. The summed E-state index contributed by atoms with van der Waals surface area (Å²) in [7, 11) is 0. The van der Waals surface area contributed by atoms with E-state index in [0.717, 1.165) is 25.7 Å². The lowest BCUT2D eigenvalue weighted by Gasteiger charge is -2.18. The van der Waals surface area contributed by atoms with Crippen molar-refractivity contribution in [1.29, 1.82) is 0 Å². The quantitative estimate of drug-likeness (QED) is 0.497. The molecule has 4 heteroatoms. The standard InChI is InChI=1S/C11H22N4/c1-2-15(10-5-6-10)8-7-13-11(12)14-9-3-4-9/h9-10H,2-8H2,1H3,(H3,12,13,14). The van der Waals surface area contributed by atoms with Gasteiger partial charge in [0.1, 0.15) is 0 Å². The zero-order valence-electron chi connectivity index (χ0n) is 9.58. The van der Waals surface area contributed by atoms with Crippen LogP contribution in [0, 0.1) is 0 Å². The lowest BCUT2D eigenvalue weighted by atomic mass is 10.4. The van der Waals surface area contributed by atoms with Gasteiger partial charge in [0.15, 0.2) is 5.96 Å². The van der Waals surface area contributed by atoms with Crippen LogP contribution in [0.25, 0.3) is 0 Å². The van der Waals surface area contributed by atoms with Crippen molar-refractivity contribution < 1.29 is 0 Å². The van der Waals surface area contributed by atoms with Crippen molar-refractivity contribution in [3.63, 3.8) is 0 Å². The topological polar surface area (TPSA) is 53.6 Å². The lowest BCUT2D eigenvalue weighted by molar-refractivity contribution is 0.286. The molecule has 3 N–H and O–H groups in total. The van der Waals surface area contributed by atoms with Gasteiger partial charge in [-0.2, -0.15) is 0 Å². The van der Waals surface area contributed by atoms with Crippen LogP contribution in [0.1, 0.15) is 32.6 Å². The Bertz CT molecular complexity index is 231. The molecule has 0 amide bonds. The van der Waals surface area contributed by atoms with Gasteiger partial charge in [-0.3, -0.25) is 9.89 Å². The summed E-state index contributed by atoms with van der Waals surface area (Å²) in [5, 5.41) is 3.20. The molecule has 0 aromatic heterocycles. The summed E-state index contributed by atoms with van der Waals surface area (Å²) in [6.07, 6.45) is 5.24. The van der Waals surface area contributed by atoms with Crippen LogP contribution in [0.5, 0.6) is 0 Å². The Hall–Kier alpha value is -0.770. The van der Waals surface area contributed by atoms with Gasteiger partial charge in [0.05, 0.1) is 6.54 Å². The highest BCUT2D eigenvalue weighted by Gasteiger charge is 2.27. The predicted molar refractivity (Wildman–Crippen MR) is 62.9 cm³/mol. The first-order chi connectivity index (χ1) is 7.29. The van der Waals surface area contributed by atoms with Gasteiger partial charge in [0.2, 0.25) is 0 Å². The number of hydrogen-bond donors (Lipinski definition) is 2. The monoisotopic (exact) mass is 210 g/mol. The Morgan fingerprint density at radius 1 is 1.40 bits per heavy atom. The molecule has 0 spiro atoms. The first-order valence-corrected chi connectivity index (χ1v) is 6.10. The molecule has 0 aromatic carbocycles. The highest BCUT2D eigenvalue weighted by atomic mass is 15.2. The highest BCUT2D eigenvalue weighted by molar-refractivity contribution is 5.78. The van der Waals surface area contributed by atoms with Gasteiger partial charge >= 0.3 is 0 Å². The number of guanidine groups is 1. The van der Waals surface area contributed by atoms with Gasteiger partial charge < -0.3 is 11.1 Å². The second-order valence-corrected chi connectivity index (χ2v) is 4.55. The molecular formula is C11H22N4. The summed E-state index contributed by atoms with van der Waals surface area (Å²) in [5.74, 6) is 0.629. The molecule has 2 aliphatic rings. The third-order valence-electron chi connectivity index (χ3n) is 3.07. The molecule has 2 rings (SSSR count). The zero-order chi connectivity index (χ0) is 10.7. The van der Waals surface area contributed by atoms with E-state index < -0.39 is 0 Å². The second-order valence-electron chi connectivity index (χ2n) is 4.55. The number of aliphatic imine (C=N–C) groups is 1. The molecule has 0 atom stereocenters. The van der Waals surface area contributed by atoms with Crippen LogP contribution in [0.4, 0.5) is 0 Å². The van der Waals surface area contributed by atoms with Gasteiger partial charge in [0, 0.05) is 18.6 Å².